The van der Waals surface area contributed by atoms with Crippen molar-refractivity contribution < 1.29 is 14.3 Å². The number of hydrogen-bond donors (Lipinski definition) is 2. The predicted molar refractivity (Wildman–Crippen MR) is 76.3 cm³/mol. The minimum Gasteiger partial charge on any atom is -0.409 e. The summed E-state index contributed by atoms with van der Waals surface area (Å²) in [6, 6.07) is 5.06. The molecule has 112 valence electrons. The van der Waals surface area contributed by atoms with Crippen LogP contribution in [0.25, 0.3) is 0 Å². The van der Waals surface area contributed by atoms with Crippen LogP contribution < -0.4 is 5.73 Å². The summed E-state index contributed by atoms with van der Waals surface area (Å²) in [4.78, 5) is 2.10. The number of oxime groups is 1. The summed E-state index contributed by atoms with van der Waals surface area (Å²) >= 11 is 0. The molecule has 0 aromatic heterocycles. The van der Waals surface area contributed by atoms with Crippen molar-refractivity contribution >= 4 is 5.84 Å². The van der Waals surface area contributed by atoms with E-state index in [2.05, 4.69) is 10.1 Å². The summed E-state index contributed by atoms with van der Waals surface area (Å²) < 4.78 is 19.5. The number of rotatable bonds is 7. The van der Waals surface area contributed by atoms with Crippen molar-refractivity contribution in [3.05, 3.63) is 35.1 Å². The molecule has 1 aromatic carbocycles. The van der Waals surface area contributed by atoms with Crippen molar-refractivity contribution in [2.24, 2.45) is 10.9 Å². The van der Waals surface area contributed by atoms with Crippen LogP contribution in [0.2, 0.25) is 0 Å². The van der Waals surface area contributed by atoms with Gasteiger partial charge in [0, 0.05) is 25.3 Å². The zero-order valence-electron chi connectivity index (χ0n) is 12.1. The molecule has 0 aliphatic rings. The average Bonchev–Trinajstić information content (AvgIpc) is 2.45. The zero-order chi connectivity index (χ0) is 15.1. The third kappa shape index (κ3) is 3.91. The first-order valence-corrected chi connectivity index (χ1v) is 6.53. The average molecular weight is 283 g/mol. The molecule has 6 heteroatoms. The van der Waals surface area contributed by atoms with Crippen LogP contribution in [-0.2, 0) is 11.3 Å². The van der Waals surface area contributed by atoms with E-state index in [0.717, 1.165) is 6.54 Å². The van der Waals surface area contributed by atoms with E-state index >= 15 is 0 Å². The third-order valence-corrected chi connectivity index (χ3v) is 3.27. The molecule has 1 atom stereocenters. The Bertz CT molecular complexity index is 466. The number of hydrogen-bond acceptors (Lipinski definition) is 4. The van der Waals surface area contributed by atoms with Crippen LogP contribution in [0.3, 0.4) is 0 Å². The summed E-state index contributed by atoms with van der Waals surface area (Å²) in [7, 11) is 1.64. The van der Waals surface area contributed by atoms with Crippen LogP contribution in [0.1, 0.15) is 25.0 Å². The summed E-state index contributed by atoms with van der Waals surface area (Å²) in [5.74, 6) is -0.678. The first-order valence-electron chi connectivity index (χ1n) is 6.53. The lowest BCUT2D eigenvalue weighted by atomic mass is 10.1. The highest BCUT2D eigenvalue weighted by Crippen LogP contribution is 2.16. The van der Waals surface area contributed by atoms with Crippen LogP contribution in [0.4, 0.5) is 4.39 Å². The second-order valence-corrected chi connectivity index (χ2v) is 4.63. The highest BCUT2D eigenvalue weighted by Gasteiger charge is 2.17. The van der Waals surface area contributed by atoms with Crippen molar-refractivity contribution in [2.45, 2.75) is 26.4 Å². The fraction of sp³-hybridized carbons (Fsp3) is 0.500. The van der Waals surface area contributed by atoms with E-state index in [-0.39, 0.29) is 17.4 Å². The molecule has 5 nitrogen and oxygen atoms in total. The van der Waals surface area contributed by atoms with Gasteiger partial charge in [-0.05, 0) is 19.5 Å². The molecule has 1 rings (SSSR count). The number of halogens is 1. The number of benzene rings is 1. The Labute approximate surface area is 118 Å². The molecule has 1 unspecified atom stereocenters. The summed E-state index contributed by atoms with van der Waals surface area (Å²) in [6.45, 7) is 5.84. The first-order chi connectivity index (χ1) is 9.54. The highest BCUT2D eigenvalue weighted by atomic mass is 19.1. The zero-order valence-corrected chi connectivity index (χ0v) is 12.1. The van der Waals surface area contributed by atoms with Gasteiger partial charge in [-0.25, -0.2) is 4.39 Å². The summed E-state index contributed by atoms with van der Waals surface area (Å²) in [5.41, 5.74) is 6.09. The van der Waals surface area contributed by atoms with Gasteiger partial charge in [-0.3, -0.25) is 4.90 Å². The minimum absolute atomic E-state index is 0.112. The van der Waals surface area contributed by atoms with Crippen molar-refractivity contribution in [1.29, 1.82) is 0 Å². The van der Waals surface area contributed by atoms with Crippen molar-refractivity contribution in [1.82, 2.24) is 4.90 Å². The Hall–Kier alpha value is -1.66. The quantitative estimate of drug-likeness (QED) is 0.346. The van der Waals surface area contributed by atoms with Gasteiger partial charge in [0.05, 0.1) is 12.2 Å². The molecule has 0 radical (unpaired) electrons. The van der Waals surface area contributed by atoms with Gasteiger partial charge in [-0.1, -0.05) is 24.2 Å². The Kier molecular flexibility index (Phi) is 6.41. The SMILES string of the molecule is CCN(Cc1cccc(/C(N)=N/O)c1F)C(C)COC. The van der Waals surface area contributed by atoms with E-state index in [1.807, 2.05) is 13.8 Å². The lowest BCUT2D eigenvalue weighted by Crippen LogP contribution is -2.36. The smallest absolute Gasteiger partial charge is 0.173 e. The minimum atomic E-state index is -0.453. The molecule has 0 fully saturated rings. The molecule has 0 aliphatic heterocycles. The Balaban J connectivity index is 2.97. The Morgan fingerprint density at radius 1 is 1.55 bits per heavy atom. The maximum atomic E-state index is 14.3. The van der Waals surface area contributed by atoms with Crippen molar-refractivity contribution in [2.75, 3.05) is 20.3 Å². The monoisotopic (exact) mass is 283 g/mol. The molecule has 0 heterocycles. The molecule has 0 saturated heterocycles. The number of methoxy groups -OCH3 is 1. The van der Waals surface area contributed by atoms with Crippen LogP contribution in [0.5, 0.6) is 0 Å². The second kappa shape index (κ2) is 7.81. The topological polar surface area (TPSA) is 71.1 Å². The second-order valence-electron chi connectivity index (χ2n) is 4.63. The first kappa shape index (κ1) is 16.4. The lowest BCUT2D eigenvalue weighted by Gasteiger charge is -2.27. The lowest BCUT2D eigenvalue weighted by molar-refractivity contribution is 0.0975. The van der Waals surface area contributed by atoms with Crippen LogP contribution in [0.15, 0.2) is 23.4 Å². The van der Waals surface area contributed by atoms with E-state index in [9.17, 15) is 4.39 Å². The largest absolute Gasteiger partial charge is 0.409 e. The number of ether oxygens (including phenoxy) is 1. The fourth-order valence-electron chi connectivity index (χ4n) is 2.10. The standard InChI is InChI=1S/C14H22FN3O2/c1-4-18(10(2)9-20-3)8-11-6-5-7-12(13(11)15)14(16)17-19/h5-7,10,19H,4,8-9H2,1-3H3,(H2,16,17). The summed E-state index contributed by atoms with van der Waals surface area (Å²) in [6.07, 6.45) is 0. The van der Waals surface area contributed by atoms with Crippen LogP contribution in [0, 0.1) is 5.82 Å². The molecule has 20 heavy (non-hydrogen) atoms. The van der Waals surface area contributed by atoms with Crippen LogP contribution >= 0.6 is 0 Å². The Morgan fingerprint density at radius 3 is 2.80 bits per heavy atom. The molecule has 0 bridgehead atoms. The van der Waals surface area contributed by atoms with E-state index in [4.69, 9.17) is 15.7 Å². The van der Waals surface area contributed by atoms with E-state index in [1.54, 1.807) is 19.2 Å². The maximum absolute atomic E-state index is 14.3. The van der Waals surface area contributed by atoms with Gasteiger partial charge in [-0.15, -0.1) is 0 Å². The van der Waals surface area contributed by atoms with E-state index in [0.29, 0.717) is 18.7 Å². The highest BCUT2D eigenvalue weighted by molar-refractivity contribution is 5.97. The normalized spacial score (nSPS) is 13.8. The fourth-order valence-corrected chi connectivity index (χ4v) is 2.10. The molecule has 3 N–H and O–H groups in total. The number of nitrogens with zero attached hydrogens (tertiary/aromatic N) is 2. The maximum Gasteiger partial charge on any atom is 0.173 e. The molecular weight excluding hydrogens is 261 g/mol. The third-order valence-electron chi connectivity index (χ3n) is 3.27. The van der Waals surface area contributed by atoms with Gasteiger partial charge in [-0.2, -0.15) is 0 Å². The van der Waals surface area contributed by atoms with E-state index in [1.165, 1.54) is 6.07 Å². The van der Waals surface area contributed by atoms with Crippen LogP contribution in [-0.4, -0.2) is 42.2 Å². The number of likely N-dealkylation sites (N-methyl/N-ethyl adjacent to an activating group) is 1. The molecular formula is C14H22FN3O2. The van der Waals surface area contributed by atoms with Gasteiger partial charge in [0.2, 0.25) is 0 Å². The van der Waals surface area contributed by atoms with Crippen molar-refractivity contribution in [3.63, 3.8) is 0 Å². The molecule has 0 saturated carbocycles. The van der Waals surface area contributed by atoms with E-state index < -0.39 is 5.82 Å². The van der Waals surface area contributed by atoms with Gasteiger partial charge in [0.15, 0.2) is 5.84 Å². The molecule has 1 aromatic rings. The van der Waals surface area contributed by atoms with Gasteiger partial charge >= 0.3 is 0 Å². The van der Waals surface area contributed by atoms with Gasteiger partial charge < -0.3 is 15.7 Å². The van der Waals surface area contributed by atoms with Gasteiger partial charge in [0.1, 0.15) is 5.82 Å². The Morgan fingerprint density at radius 2 is 2.25 bits per heavy atom. The van der Waals surface area contributed by atoms with Gasteiger partial charge in [0.25, 0.3) is 0 Å². The number of nitrogens with two attached hydrogens (primary N) is 1. The molecule has 0 amide bonds. The number of amidine groups is 1. The predicted octanol–water partition coefficient (Wildman–Crippen LogP) is 1.78. The summed E-state index contributed by atoms with van der Waals surface area (Å²) in [5, 5.41) is 11.5. The molecule has 0 spiro atoms. The molecule has 0 aliphatic carbocycles. The van der Waals surface area contributed by atoms with Crippen molar-refractivity contribution in [3.8, 4) is 0 Å².